The third kappa shape index (κ3) is 9.13. The number of nitrogens with one attached hydrogen (secondary N) is 1. The molecule has 7 N–H and O–H groups in total. The van der Waals surface area contributed by atoms with Crippen molar-refractivity contribution in [2.75, 3.05) is 30.0 Å². The van der Waals surface area contributed by atoms with E-state index < -0.39 is 41.0 Å². The zero-order valence-corrected chi connectivity index (χ0v) is 28.4. The number of amides is 4. The number of benzene rings is 2. The SMILES string of the molecule is C[S+]([O-])CCC(N)C(=O)N(C(=O)[C@H](Cc1ccccc1)N(C(=O)CNC(=O)CN)C1C2CC3CC(C2)CC1C3)c1ccccc1.Cl.O. The fourth-order valence-corrected chi connectivity index (χ4v) is 8.64. The van der Waals surface area contributed by atoms with Crippen molar-refractivity contribution >= 4 is 52.9 Å². The Balaban J connectivity index is 0.00000300. The Labute approximate surface area is 286 Å². The summed E-state index contributed by atoms with van der Waals surface area (Å²) in [6.45, 7) is -0.549. The Morgan fingerprint density at radius 1 is 0.915 bits per heavy atom. The molecule has 11 nitrogen and oxygen atoms in total. The van der Waals surface area contributed by atoms with E-state index in [0.29, 0.717) is 17.5 Å². The van der Waals surface area contributed by atoms with Gasteiger partial charge in [0.05, 0.1) is 31.1 Å². The summed E-state index contributed by atoms with van der Waals surface area (Å²) in [5.74, 6) is -0.0197. The van der Waals surface area contributed by atoms with Crippen LogP contribution >= 0.6 is 12.4 Å². The summed E-state index contributed by atoms with van der Waals surface area (Å²) in [7, 11) is 0. The van der Waals surface area contributed by atoms with Gasteiger partial charge in [-0.25, -0.2) is 4.90 Å². The molecule has 0 saturated heterocycles. The lowest BCUT2D eigenvalue weighted by Gasteiger charge is -2.58. The molecule has 6 rings (SSSR count). The molecular weight excluding hydrogens is 642 g/mol. The van der Waals surface area contributed by atoms with Crippen LogP contribution in [0.3, 0.4) is 0 Å². The molecule has 4 aliphatic rings. The standard InChI is InChI=1S/C34H45N5O5S.ClH.H2O/c1-45(44)13-12-28(36)33(42)38(27-10-6-3-7-11-27)34(43)29(19-22-8-4-2-5-9-22)39(31(41)21-37-30(40)20-35)32-25-15-23-14-24(17-25)18-26(32)16-23;;/h2-11,23-26,28-29,32H,12-21,35-36H2,1H3,(H,37,40);1H;1H2/t23?,24?,25?,26?,28?,29-,32?,45?;;/m0../s1. The molecule has 2 aromatic rings. The van der Waals surface area contributed by atoms with Gasteiger partial charge in [0, 0.05) is 18.9 Å². The van der Waals surface area contributed by atoms with E-state index in [9.17, 15) is 23.7 Å². The van der Waals surface area contributed by atoms with E-state index in [1.807, 2.05) is 30.3 Å². The third-order valence-corrected chi connectivity index (χ3v) is 10.6. The highest BCUT2D eigenvalue weighted by Crippen LogP contribution is 2.55. The maximum Gasteiger partial charge on any atom is 0.256 e. The van der Waals surface area contributed by atoms with Crippen molar-refractivity contribution in [3.8, 4) is 0 Å². The summed E-state index contributed by atoms with van der Waals surface area (Å²) in [5, 5.41) is 2.63. The minimum absolute atomic E-state index is 0. The van der Waals surface area contributed by atoms with E-state index in [-0.39, 0.29) is 73.4 Å². The molecule has 0 aliphatic heterocycles. The minimum Gasteiger partial charge on any atom is -0.617 e. The second kappa shape index (κ2) is 17.4. The third-order valence-electron chi connectivity index (χ3n) is 9.79. The van der Waals surface area contributed by atoms with Gasteiger partial charge in [0.1, 0.15) is 11.8 Å². The summed E-state index contributed by atoms with van der Waals surface area (Å²) in [6.07, 6.45) is 7.11. The molecular formula is C34H48ClN5O6S. The maximum absolute atomic E-state index is 15.0. The van der Waals surface area contributed by atoms with E-state index >= 15 is 0 Å². The van der Waals surface area contributed by atoms with Crippen LogP contribution in [0.1, 0.15) is 44.1 Å². The largest absolute Gasteiger partial charge is 0.617 e. The molecule has 3 atom stereocenters. The van der Waals surface area contributed by atoms with Gasteiger partial charge < -0.3 is 31.7 Å². The first-order valence-corrected chi connectivity index (χ1v) is 17.7. The Morgan fingerprint density at radius 3 is 2.00 bits per heavy atom. The van der Waals surface area contributed by atoms with Crippen molar-refractivity contribution in [1.82, 2.24) is 10.2 Å². The summed E-state index contributed by atoms with van der Waals surface area (Å²) in [5.41, 5.74) is 13.1. The fourth-order valence-electron chi connectivity index (χ4n) is 8.05. The number of rotatable bonds is 13. The van der Waals surface area contributed by atoms with E-state index in [2.05, 4.69) is 5.32 Å². The lowest BCUT2D eigenvalue weighted by molar-refractivity contribution is -0.154. The number of carbonyl (C=O) groups excluding carboxylic acids is 4. The second-order valence-corrected chi connectivity index (χ2v) is 14.5. The lowest BCUT2D eigenvalue weighted by Crippen LogP contribution is -2.65. The van der Waals surface area contributed by atoms with Gasteiger partial charge in [-0.1, -0.05) is 59.7 Å². The van der Waals surface area contributed by atoms with Crippen LogP contribution in [0.2, 0.25) is 0 Å². The predicted octanol–water partition coefficient (Wildman–Crippen LogP) is 1.58. The molecule has 4 amide bonds. The molecule has 4 saturated carbocycles. The summed E-state index contributed by atoms with van der Waals surface area (Å²) in [4.78, 5) is 58.3. The normalized spacial score (nSPS) is 24.1. The smallest absolute Gasteiger partial charge is 0.256 e. The summed E-state index contributed by atoms with van der Waals surface area (Å²) >= 11 is -1.16. The van der Waals surface area contributed by atoms with Gasteiger partial charge in [-0.15, -0.1) is 12.4 Å². The average molecular weight is 690 g/mol. The number of nitrogens with two attached hydrogens (primary N) is 2. The van der Waals surface area contributed by atoms with Crippen LogP contribution < -0.4 is 21.7 Å². The highest BCUT2D eigenvalue weighted by molar-refractivity contribution is 7.90. The van der Waals surface area contributed by atoms with Crippen LogP contribution in [0.5, 0.6) is 0 Å². The number of carbonyl (C=O) groups is 4. The van der Waals surface area contributed by atoms with Crippen LogP contribution in [0.15, 0.2) is 60.7 Å². The minimum atomic E-state index is -1.16. The Hall–Kier alpha value is -3.00. The van der Waals surface area contributed by atoms with Crippen LogP contribution in [0.4, 0.5) is 5.69 Å². The zero-order valence-electron chi connectivity index (χ0n) is 26.8. The van der Waals surface area contributed by atoms with E-state index in [1.165, 1.54) is 6.42 Å². The molecule has 0 aromatic heterocycles. The van der Waals surface area contributed by atoms with Gasteiger partial charge in [0.15, 0.2) is 0 Å². The van der Waals surface area contributed by atoms with E-state index in [1.54, 1.807) is 41.5 Å². The molecule has 4 bridgehead atoms. The van der Waals surface area contributed by atoms with Crippen molar-refractivity contribution < 1.29 is 29.2 Å². The fraction of sp³-hybridized carbons (Fsp3) is 0.529. The van der Waals surface area contributed by atoms with Crippen molar-refractivity contribution in [2.24, 2.45) is 35.1 Å². The Morgan fingerprint density at radius 2 is 1.47 bits per heavy atom. The van der Waals surface area contributed by atoms with E-state index in [0.717, 1.165) is 36.1 Å². The van der Waals surface area contributed by atoms with Gasteiger partial charge in [0.2, 0.25) is 11.8 Å². The first kappa shape index (κ1) is 38.4. The number of para-hydroxylation sites is 1. The average Bonchev–Trinajstić information content (AvgIpc) is 3.03. The number of nitrogens with zero attached hydrogens (tertiary/aromatic N) is 2. The molecule has 0 heterocycles. The molecule has 0 spiro atoms. The van der Waals surface area contributed by atoms with Gasteiger partial charge >= 0.3 is 0 Å². The molecule has 2 aromatic carbocycles. The van der Waals surface area contributed by atoms with Gasteiger partial charge in [0.25, 0.3) is 11.8 Å². The van der Waals surface area contributed by atoms with Crippen LogP contribution in [0, 0.1) is 23.7 Å². The van der Waals surface area contributed by atoms with Crippen LogP contribution in [-0.2, 0) is 36.8 Å². The number of imide groups is 1. The van der Waals surface area contributed by atoms with Crippen LogP contribution in [-0.4, -0.2) is 81.8 Å². The van der Waals surface area contributed by atoms with Gasteiger partial charge in [-0.2, -0.15) is 0 Å². The zero-order chi connectivity index (χ0) is 32.1. The lowest BCUT2D eigenvalue weighted by atomic mass is 9.53. The molecule has 258 valence electrons. The van der Waals surface area contributed by atoms with E-state index in [4.69, 9.17) is 11.5 Å². The van der Waals surface area contributed by atoms with Crippen molar-refractivity contribution in [1.29, 1.82) is 0 Å². The number of hydrogen-bond donors (Lipinski definition) is 3. The Kier molecular flexibility index (Phi) is 14.2. The van der Waals surface area contributed by atoms with Crippen LogP contribution in [0.25, 0.3) is 0 Å². The quantitative estimate of drug-likeness (QED) is 0.266. The number of halogens is 1. The molecule has 2 unspecified atom stereocenters. The van der Waals surface area contributed by atoms with Gasteiger partial charge in [-0.05, 0) is 73.5 Å². The van der Waals surface area contributed by atoms with Crippen molar-refractivity contribution in [2.45, 2.75) is 63.1 Å². The number of anilines is 1. The first-order chi connectivity index (χ1) is 21.7. The molecule has 47 heavy (non-hydrogen) atoms. The number of hydrogen-bond acceptors (Lipinski definition) is 7. The monoisotopic (exact) mass is 689 g/mol. The van der Waals surface area contributed by atoms with Crippen molar-refractivity contribution in [3.63, 3.8) is 0 Å². The predicted molar refractivity (Wildman–Crippen MR) is 185 cm³/mol. The molecule has 0 radical (unpaired) electrons. The summed E-state index contributed by atoms with van der Waals surface area (Å²) in [6, 6.07) is 15.8. The van der Waals surface area contributed by atoms with Crippen molar-refractivity contribution in [3.05, 3.63) is 66.2 Å². The second-order valence-electron chi connectivity index (χ2n) is 12.9. The highest BCUT2D eigenvalue weighted by Gasteiger charge is 2.53. The maximum atomic E-state index is 15.0. The molecule has 13 heteroatoms. The molecule has 4 aliphatic carbocycles. The van der Waals surface area contributed by atoms with Gasteiger partial charge in [-0.3, -0.25) is 19.2 Å². The highest BCUT2D eigenvalue weighted by atomic mass is 35.5. The topological polar surface area (TPSA) is 193 Å². The summed E-state index contributed by atoms with van der Waals surface area (Å²) < 4.78 is 11.8. The first-order valence-electron chi connectivity index (χ1n) is 16.0. The Bertz CT molecular complexity index is 1330. The molecule has 4 fully saturated rings.